The molecule has 15 nitrogen and oxygen atoms in total. The molecule has 4 rings (SSSR count). The number of carboxylic acid groups (broad SMARTS) is 1. The molecule has 2 heterocycles. The molecular formula is C42H49ClF2N4O11. The van der Waals surface area contributed by atoms with Crippen LogP contribution in [0.1, 0.15) is 91.6 Å². The number of ether oxygens (including phenoxy) is 2. The number of hydrogen-bond donors (Lipinski definition) is 3. The van der Waals surface area contributed by atoms with E-state index in [0.717, 1.165) is 0 Å². The van der Waals surface area contributed by atoms with Crippen molar-refractivity contribution >= 4 is 59.4 Å². The minimum Gasteiger partial charge on any atom is -0.475 e. The van der Waals surface area contributed by atoms with Gasteiger partial charge in [-0.2, -0.15) is 0 Å². The maximum atomic E-state index is 13.4. The Bertz CT molecular complexity index is 2290. The van der Waals surface area contributed by atoms with E-state index in [4.69, 9.17) is 10.8 Å². The third-order valence-corrected chi connectivity index (χ3v) is 8.51. The second-order valence-electron chi connectivity index (χ2n) is 14.6. The van der Waals surface area contributed by atoms with Crippen molar-refractivity contribution in [3.8, 4) is 0 Å². The molecule has 0 saturated carbocycles. The Hall–Kier alpha value is -6.33. The zero-order chi connectivity index (χ0) is 45.2. The molecule has 18 heteroatoms. The Labute approximate surface area is 351 Å². The van der Waals surface area contributed by atoms with Crippen LogP contribution in [-0.4, -0.2) is 86.5 Å². The van der Waals surface area contributed by atoms with E-state index in [1.807, 2.05) is 0 Å². The molecule has 0 saturated heterocycles. The molecule has 0 aliphatic rings. The van der Waals surface area contributed by atoms with Crippen molar-refractivity contribution in [3.63, 3.8) is 0 Å². The van der Waals surface area contributed by atoms with Crippen LogP contribution in [0.5, 0.6) is 0 Å². The third-order valence-electron chi connectivity index (χ3n) is 8.51. The van der Waals surface area contributed by atoms with Crippen molar-refractivity contribution in [1.82, 2.24) is 14.5 Å². The van der Waals surface area contributed by atoms with Crippen molar-refractivity contribution < 1.29 is 61.7 Å². The molecule has 4 N–H and O–H groups in total. The van der Waals surface area contributed by atoms with Gasteiger partial charge >= 0.3 is 17.9 Å². The molecule has 324 valence electrons. The molecule has 0 radical (unpaired) electrons. The smallest absolute Gasteiger partial charge is 0.377 e. The van der Waals surface area contributed by atoms with Gasteiger partial charge in [-0.1, -0.05) is 24.3 Å². The molecule has 2 aromatic heterocycles. The second-order valence-corrected chi connectivity index (χ2v) is 14.6. The number of aliphatic carboxylic acids is 1. The summed E-state index contributed by atoms with van der Waals surface area (Å²) in [7, 11) is 5.63. The van der Waals surface area contributed by atoms with Gasteiger partial charge in [0.2, 0.25) is 0 Å². The maximum absolute atomic E-state index is 13.4. The quantitative estimate of drug-likeness (QED) is 0.0951. The lowest BCUT2D eigenvalue weighted by Crippen LogP contribution is -2.52. The largest absolute Gasteiger partial charge is 0.475 e. The average molecular weight is 859 g/mol. The summed E-state index contributed by atoms with van der Waals surface area (Å²) in [6, 6.07) is 11.4. The Kier molecular flexibility index (Phi) is 18.6. The zero-order valence-corrected chi connectivity index (χ0v) is 35.7. The number of hydrogen-bond acceptors (Lipinski definition) is 11. The number of Topliss-reactive ketones (excluding diaryl/α,β-unsaturated/α-hetero) is 4. The van der Waals surface area contributed by atoms with Gasteiger partial charge in [-0.15, -0.1) is 12.4 Å². The van der Waals surface area contributed by atoms with E-state index in [0.29, 0.717) is 22.3 Å². The number of benzene rings is 2. The monoisotopic (exact) mass is 858 g/mol. The molecule has 0 fully saturated rings. The molecule has 0 atom stereocenters. The summed E-state index contributed by atoms with van der Waals surface area (Å²) in [5.74, 6) is -6.85. The average Bonchev–Trinajstić information content (AvgIpc) is 3.75. The van der Waals surface area contributed by atoms with Crippen molar-refractivity contribution in [2.45, 2.75) is 65.5 Å². The van der Waals surface area contributed by atoms with Gasteiger partial charge < -0.3 is 34.8 Å². The number of carbonyl (C=O) groups is 8. The molecule has 60 heavy (non-hydrogen) atoms. The van der Waals surface area contributed by atoms with Gasteiger partial charge in [0.1, 0.15) is 22.7 Å². The number of nitrogens with one attached hydrogen (secondary N) is 1. The lowest BCUT2D eigenvalue weighted by atomic mass is 10.0. The number of amides is 1. The third kappa shape index (κ3) is 14.2. The molecule has 0 bridgehead atoms. The number of ketones is 4. The van der Waals surface area contributed by atoms with Gasteiger partial charge in [-0.25, -0.2) is 18.4 Å². The van der Waals surface area contributed by atoms with E-state index in [2.05, 4.69) is 14.8 Å². The van der Waals surface area contributed by atoms with Crippen molar-refractivity contribution in [3.05, 3.63) is 117 Å². The lowest BCUT2D eigenvalue weighted by Gasteiger charge is -2.22. The number of nitrogens with two attached hydrogens (primary N) is 1. The minimum absolute atomic E-state index is 0. The first kappa shape index (κ1) is 51.7. The standard InChI is InChI=1S/C21H23FN2O5.C16H14FNO4.C5H11NO2.ClH/c1-12-8-13(6-7-15(12)22)9-17(25)16-10-14(11-24(16)4)18(26)19(27)23-21(2,3)20(28)29-5;1-9-5-10(3-4-12(9)17)6-14(19)13-7-11(8-18(13)2)15(20)16(21)22;1-5(2,6)4(7)8-3;/h6-8,10-11H,9H2,1-5H3,(H,23,27);3-5,7-8H,6H2,1-2H3,(H,21,22);6H2,1-3H3;1H. The highest BCUT2D eigenvalue weighted by Crippen LogP contribution is 2.17. The highest BCUT2D eigenvalue weighted by atomic mass is 35.5. The summed E-state index contributed by atoms with van der Waals surface area (Å²) < 4.78 is 38.4. The van der Waals surface area contributed by atoms with Gasteiger partial charge in [0, 0.05) is 50.5 Å². The number of esters is 2. The van der Waals surface area contributed by atoms with Gasteiger partial charge in [0.15, 0.2) is 11.6 Å². The summed E-state index contributed by atoms with van der Waals surface area (Å²) >= 11 is 0. The number of rotatable bonds is 13. The topological polar surface area (TPSA) is 223 Å². The van der Waals surface area contributed by atoms with Crippen molar-refractivity contribution in [1.29, 1.82) is 0 Å². The molecule has 0 unspecified atom stereocenters. The van der Waals surface area contributed by atoms with E-state index in [1.54, 1.807) is 53.9 Å². The van der Waals surface area contributed by atoms with Crippen molar-refractivity contribution in [2.24, 2.45) is 19.8 Å². The van der Waals surface area contributed by atoms with E-state index >= 15 is 0 Å². The fraction of sp³-hybridized carbons (Fsp3) is 0.333. The summed E-state index contributed by atoms with van der Waals surface area (Å²) in [5, 5.41) is 11.0. The molecule has 4 aromatic rings. The fourth-order valence-corrected chi connectivity index (χ4v) is 5.28. The first-order valence-corrected chi connectivity index (χ1v) is 17.7. The Balaban J connectivity index is 0.000000512. The summed E-state index contributed by atoms with van der Waals surface area (Å²) in [4.78, 5) is 93.8. The zero-order valence-electron chi connectivity index (χ0n) is 34.9. The molecule has 1 amide bonds. The van der Waals surface area contributed by atoms with Crippen LogP contribution in [-0.2, 0) is 55.6 Å². The molecule has 2 aromatic carbocycles. The predicted octanol–water partition coefficient (Wildman–Crippen LogP) is 4.63. The van der Waals surface area contributed by atoms with E-state index in [1.165, 1.54) is 86.0 Å². The predicted molar refractivity (Wildman–Crippen MR) is 217 cm³/mol. The van der Waals surface area contributed by atoms with Crippen LogP contribution >= 0.6 is 12.4 Å². The van der Waals surface area contributed by atoms with Crippen LogP contribution in [0.3, 0.4) is 0 Å². The normalized spacial score (nSPS) is 10.7. The molecule has 0 spiro atoms. The first-order valence-electron chi connectivity index (χ1n) is 17.7. The Morgan fingerprint density at radius 2 is 1.07 bits per heavy atom. The van der Waals surface area contributed by atoms with Gasteiger partial charge in [0.05, 0.1) is 25.6 Å². The van der Waals surface area contributed by atoms with Crippen LogP contribution in [0.4, 0.5) is 8.78 Å². The Morgan fingerprint density at radius 1 is 0.683 bits per heavy atom. The number of carbonyl (C=O) groups excluding carboxylic acids is 7. The van der Waals surface area contributed by atoms with Crippen LogP contribution in [0.15, 0.2) is 60.9 Å². The maximum Gasteiger partial charge on any atom is 0.377 e. The summed E-state index contributed by atoms with van der Waals surface area (Å²) in [5.41, 5.74) is 5.68. The van der Waals surface area contributed by atoms with E-state index in [-0.39, 0.29) is 71.0 Å². The van der Waals surface area contributed by atoms with Crippen LogP contribution < -0.4 is 11.1 Å². The number of carboxylic acids is 1. The fourth-order valence-electron chi connectivity index (χ4n) is 5.28. The molecule has 0 aliphatic carbocycles. The summed E-state index contributed by atoms with van der Waals surface area (Å²) in [6.45, 7) is 9.23. The lowest BCUT2D eigenvalue weighted by molar-refractivity contribution is -0.148. The minimum atomic E-state index is -1.57. The van der Waals surface area contributed by atoms with Crippen LogP contribution in [0, 0.1) is 25.5 Å². The van der Waals surface area contributed by atoms with E-state index in [9.17, 15) is 47.1 Å². The second kappa shape index (κ2) is 21.6. The van der Waals surface area contributed by atoms with Crippen molar-refractivity contribution in [2.75, 3.05) is 14.2 Å². The number of aryl methyl sites for hydroxylation is 4. The number of aromatic nitrogens is 2. The first-order chi connectivity index (χ1) is 27.2. The molecular weight excluding hydrogens is 810 g/mol. The van der Waals surface area contributed by atoms with Gasteiger partial charge in [0.25, 0.3) is 17.5 Å². The van der Waals surface area contributed by atoms with E-state index < -0.39 is 46.5 Å². The van der Waals surface area contributed by atoms with Crippen LogP contribution in [0.25, 0.3) is 0 Å². The van der Waals surface area contributed by atoms with Gasteiger partial charge in [-0.3, -0.25) is 28.8 Å². The molecule has 0 aliphatic heterocycles. The number of halogens is 3. The number of nitrogens with zero attached hydrogens (tertiary/aromatic N) is 2. The van der Waals surface area contributed by atoms with Crippen LogP contribution in [0.2, 0.25) is 0 Å². The SMILES string of the molecule is COC(=O)C(C)(C)N.COC(=O)C(C)(C)NC(=O)C(=O)c1cc(C(=O)Cc2ccc(F)c(C)c2)n(C)c1.Cc1cc(CC(=O)c2cc(C(=O)C(=O)O)cn2C)ccc1F.Cl. The summed E-state index contributed by atoms with van der Waals surface area (Å²) in [6.07, 6.45) is 2.74. The number of methoxy groups -OCH3 is 2. The van der Waals surface area contributed by atoms with Gasteiger partial charge in [-0.05, 0) is 88.1 Å². The Morgan fingerprint density at radius 3 is 1.38 bits per heavy atom. The highest BCUT2D eigenvalue weighted by molar-refractivity contribution is 6.43. The highest BCUT2D eigenvalue weighted by Gasteiger charge is 2.33.